The van der Waals surface area contributed by atoms with E-state index in [4.69, 9.17) is 0 Å². The Kier molecular flexibility index (Phi) is 5.86. The van der Waals surface area contributed by atoms with E-state index in [1.165, 1.54) is 6.42 Å². The van der Waals surface area contributed by atoms with Crippen LogP contribution in [-0.2, 0) is 11.2 Å². The number of piperidine rings is 1. The standard InChI is InChI=1S/C22H28N4O2/c27-20-14-18(23-22(25-20)17-9-10-17)13-19(16-7-3-1-4-8-16)24-21(28)15-26-11-5-2-6-12-26/h1,3-4,7-8,14,17,19H,2,5-6,9-13,15H2,(H,24,28)(H,23,25,27)/t19-/m1/s1. The largest absolute Gasteiger partial charge is 0.348 e. The number of hydrogen-bond donors (Lipinski definition) is 2. The van der Waals surface area contributed by atoms with E-state index in [1.807, 2.05) is 30.3 Å². The Bertz CT molecular complexity index is 854. The maximum absolute atomic E-state index is 12.7. The number of amides is 1. The highest BCUT2D eigenvalue weighted by Gasteiger charge is 2.27. The van der Waals surface area contributed by atoms with Crippen molar-refractivity contribution in [3.8, 4) is 0 Å². The molecule has 2 fully saturated rings. The lowest BCUT2D eigenvalue weighted by Crippen LogP contribution is -2.41. The summed E-state index contributed by atoms with van der Waals surface area (Å²) < 4.78 is 0. The summed E-state index contributed by atoms with van der Waals surface area (Å²) in [6.07, 6.45) is 6.26. The van der Waals surface area contributed by atoms with Crippen LogP contribution in [0.1, 0.15) is 61.1 Å². The van der Waals surface area contributed by atoms with Crippen LogP contribution in [0, 0.1) is 0 Å². The second kappa shape index (κ2) is 8.69. The third-order valence-electron chi connectivity index (χ3n) is 5.54. The number of carbonyl (C=O) groups excluding carboxylic acids is 1. The zero-order valence-corrected chi connectivity index (χ0v) is 16.2. The quantitative estimate of drug-likeness (QED) is 0.774. The maximum Gasteiger partial charge on any atom is 0.251 e. The van der Waals surface area contributed by atoms with Crippen LogP contribution in [0.5, 0.6) is 0 Å². The summed E-state index contributed by atoms with van der Waals surface area (Å²) in [6.45, 7) is 2.41. The lowest BCUT2D eigenvalue weighted by molar-refractivity contribution is -0.123. The fourth-order valence-corrected chi connectivity index (χ4v) is 3.89. The molecule has 28 heavy (non-hydrogen) atoms. The van der Waals surface area contributed by atoms with E-state index in [1.54, 1.807) is 6.07 Å². The second-order valence-electron chi connectivity index (χ2n) is 7.97. The summed E-state index contributed by atoms with van der Waals surface area (Å²) >= 11 is 0. The van der Waals surface area contributed by atoms with Gasteiger partial charge in [0.2, 0.25) is 5.91 Å². The summed E-state index contributed by atoms with van der Waals surface area (Å²) in [7, 11) is 0. The molecule has 1 amide bonds. The third-order valence-corrected chi connectivity index (χ3v) is 5.54. The van der Waals surface area contributed by atoms with Gasteiger partial charge in [0.1, 0.15) is 5.82 Å². The first kappa shape index (κ1) is 18.9. The van der Waals surface area contributed by atoms with Crippen molar-refractivity contribution in [2.24, 2.45) is 0 Å². The van der Waals surface area contributed by atoms with Gasteiger partial charge in [0.05, 0.1) is 18.3 Å². The number of likely N-dealkylation sites (tertiary alicyclic amines) is 1. The maximum atomic E-state index is 12.7. The lowest BCUT2D eigenvalue weighted by Gasteiger charge is -2.27. The van der Waals surface area contributed by atoms with Crippen molar-refractivity contribution in [3.63, 3.8) is 0 Å². The molecule has 0 radical (unpaired) electrons. The van der Waals surface area contributed by atoms with Crippen LogP contribution in [0.3, 0.4) is 0 Å². The minimum atomic E-state index is -0.195. The van der Waals surface area contributed by atoms with Gasteiger partial charge in [-0.3, -0.25) is 14.5 Å². The molecule has 0 spiro atoms. The molecule has 0 unspecified atom stereocenters. The molecule has 2 aromatic rings. The predicted molar refractivity (Wildman–Crippen MR) is 108 cm³/mol. The van der Waals surface area contributed by atoms with Gasteiger partial charge >= 0.3 is 0 Å². The van der Waals surface area contributed by atoms with Crippen LogP contribution in [0.15, 0.2) is 41.2 Å². The van der Waals surface area contributed by atoms with Crippen LogP contribution in [0.25, 0.3) is 0 Å². The van der Waals surface area contributed by atoms with Crippen molar-refractivity contribution in [3.05, 3.63) is 63.8 Å². The van der Waals surface area contributed by atoms with Gasteiger partial charge in [-0.05, 0) is 44.3 Å². The summed E-state index contributed by atoms with van der Waals surface area (Å²) in [6, 6.07) is 11.3. The first-order valence-corrected chi connectivity index (χ1v) is 10.3. The average Bonchev–Trinajstić information content (AvgIpc) is 3.54. The SMILES string of the molecule is O=C(CN1CCCCC1)N[C@H](Cc1cc(=O)[nH]c(C2CC2)n1)c1ccccc1. The smallest absolute Gasteiger partial charge is 0.251 e. The van der Waals surface area contributed by atoms with Gasteiger partial charge in [0, 0.05) is 18.4 Å². The Morgan fingerprint density at radius 1 is 1.18 bits per heavy atom. The fourth-order valence-electron chi connectivity index (χ4n) is 3.89. The van der Waals surface area contributed by atoms with E-state index in [0.29, 0.717) is 18.9 Å². The number of aromatic nitrogens is 2. The Hall–Kier alpha value is -2.47. The van der Waals surface area contributed by atoms with E-state index >= 15 is 0 Å². The summed E-state index contributed by atoms with van der Waals surface area (Å²) in [5.41, 5.74) is 1.65. The van der Waals surface area contributed by atoms with Crippen molar-refractivity contribution in [2.45, 2.75) is 50.5 Å². The number of benzene rings is 1. The lowest BCUT2D eigenvalue weighted by atomic mass is 10.0. The molecule has 2 heterocycles. The van der Waals surface area contributed by atoms with Crippen LogP contribution < -0.4 is 10.9 Å². The summed E-state index contributed by atoms with van der Waals surface area (Å²) in [5, 5.41) is 3.18. The highest BCUT2D eigenvalue weighted by atomic mass is 16.2. The Labute approximate surface area is 165 Å². The van der Waals surface area contributed by atoms with Gasteiger partial charge in [-0.1, -0.05) is 36.8 Å². The van der Waals surface area contributed by atoms with E-state index in [0.717, 1.165) is 55.9 Å². The van der Waals surface area contributed by atoms with E-state index < -0.39 is 0 Å². The monoisotopic (exact) mass is 380 g/mol. The molecule has 1 aliphatic carbocycles. The molecular formula is C22H28N4O2. The zero-order chi connectivity index (χ0) is 19.3. The highest BCUT2D eigenvalue weighted by molar-refractivity contribution is 5.78. The topological polar surface area (TPSA) is 78.1 Å². The molecule has 2 aliphatic rings. The van der Waals surface area contributed by atoms with Gasteiger partial charge < -0.3 is 10.3 Å². The number of rotatable bonds is 7. The van der Waals surface area contributed by atoms with E-state index in [9.17, 15) is 9.59 Å². The number of aromatic amines is 1. The minimum absolute atomic E-state index is 0.0306. The first-order valence-electron chi connectivity index (χ1n) is 10.3. The molecule has 6 nitrogen and oxygen atoms in total. The zero-order valence-electron chi connectivity index (χ0n) is 16.2. The highest BCUT2D eigenvalue weighted by Crippen LogP contribution is 2.37. The molecule has 1 aromatic heterocycles. The molecule has 1 saturated heterocycles. The number of H-pyrrole nitrogens is 1. The average molecular weight is 380 g/mol. The van der Waals surface area contributed by atoms with Crippen molar-refractivity contribution >= 4 is 5.91 Å². The van der Waals surface area contributed by atoms with Gasteiger partial charge in [-0.2, -0.15) is 0 Å². The Morgan fingerprint density at radius 2 is 1.93 bits per heavy atom. The normalized spacial score (nSPS) is 18.6. The van der Waals surface area contributed by atoms with E-state index in [-0.39, 0.29) is 17.5 Å². The Balaban J connectivity index is 1.49. The first-order chi connectivity index (χ1) is 13.7. The van der Waals surface area contributed by atoms with Crippen LogP contribution in [-0.4, -0.2) is 40.4 Å². The molecule has 1 saturated carbocycles. The molecule has 0 bridgehead atoms. The van der Waals surface area contributed by atoms with Crippen molar-refractivity contribution in [1.29, 1.82) is 0 Å². The van der Waals surface area contributed by atoms with Crippen LogP contribution >= 0.6 is 0 Å². The number of nitrogens with one attached hydrogen (secondary N) is 2. The van der Waals surface area contributed by atoms with Gasteiger partial charge in [-0.25, -0.2) is 4.98 Å². The molecule has 4 rings (SSSR count). The summed E-state index contributed by atoms with van der Waals surface area (Å²) in [4.78, 5) is 34.5. The third kappa shape index (κ3) is 5.07. The number of carbonyl (C=O) groups is 1. The minimum Gasteiger partial charge on any atom is -0.348 e. The molecule has 1 aliphatic heterocycles. The molecule has 2 N–H and O–H groups in total. The van der Waals surface area contributed by atoms with Crippen molar-refractivity contribution in [2.75, 3.05) is 19.6 Å². The molecule has 1 atom stereocenters. The fraction of sp³-hybridized carbons (Fsp3) is 0.500. The van der Waals surface area contributed by atoms with Crippen molar-refractivity contribution < 1.29 is 4.79 Å². The number of hydrogen-bond acceptors (Lipinski definition) is 4. The molecule has 148 valence electrons. The second-order valence-corrected chi connectivity index (χ2v) is 7.97. The molecular weight excluding hydrogens is 352 g/mol. The molecule has 6 heteroatoms. The van der Waals surface area contributed by atoms with Crippen LogP contribution in [0.4, 0.5) is 0 Å². The van der Waals surface area contributed by atoms with Gasteiger partial charge in [0.15, 0.2) is 0 Å². The van der Waals surface area contributed by atoms with Crippen LogP contribution in [0.2, 0.25) is 0 Å². The van der Waals surface area contributed by atoms with E-state index in [2.05, 4.69) is 20.2 Å². The van der Waals surface area contributed by atoms with Crippen molar-refractivity contribution in [1.82, 2.24) is 20.2 Å². The Morgan fingerprint density at radius 3 is 2.64 bits per heavy atom. The number of nitrogens with zero attached hydrogens (tertiary/aromatic N) is 2. The van der Waals surface area contributed by atoms with Gasteiger partial charge in [0.25, 0.3) is 5.56 Å². The van der Waals surface area contributed by atoms with Gasteiger partial charge in [-0.15, -0.1) is 0 Å². The molecule has 1 aromatic carbocycles. The predicted octanol–water partition coefficient (Wildman–Crippen LogP) is 2.53. The summed E-state index contributed by atoms with van der Waals surface area (Å²) in [5.74, 6) is 1.20.